The van der Waals surface area contributed by atoms with Crippen molar-refractivity contribution in [3.8, 4) is 0 Å². The first kappa shape index (κ1) is 13.5. The van der Waals surface area contributed by atoms with E-state index in [9.17, 15) is 5.11 Å². The summed E-state index contributed by atoms with van der Waals surface area (Å²) in [5, 5.41) is 14.0. The van der Waals surface area contributed by atoms with Crippen LogP contribution in [0, 0.1) is 0 Å². The Bertz CT molecular complexity index is 375. The SMILES string of the molecule is Cn1cc(CN2CCN(CC(C)(C)O)CC2)cn1. The maximum absolute atomic E-state index is 9.81. The van der Waals surface area contributed by atoms with Crippen LogP contribution in [0.15, 0.2) is 12.4 Å². The van der Waals surface area contributed by atoms with Crippen molar-refractivity contribution < 1.29 is 5.11 Å². The molecule has 0 bridgehead atoms. The highest BCUT2D eigenvalue weighted by molar-refractivity contribution is 5.03. The van der Waals surface area contributed by atoms with E-state index in [-0.39, 0.29) is 0 Å². The molecule has 1 aliphatic heterocycles. The fourth-order valence-electron chi connectivity index (χ4n) is 2.46. The summed E-state index contributed by atoms with van der Waals surface area (Å²) in [6.45, 7) is 9.66. The molecule has 0 spiro atoms. The van der Waals surface area contributed by atoms with Crippen LogP contribution in [0.25, 0.3) is 0 Å². The first-order chi connectivity index (χ1) is 8.42. The van der Waals surface area contributed by atoms with Gasteiger partial charge in [0.05, 0.1) is 11.8 Å². The van der Waals surface area contributed by atoms with Crippen LogP contribution in [0.2, 0.25) is 0 Å². The highest BCUT2D eigenvalue weighted by Crippen LogP contribution is 2.11. The van der Waals surface area contributed by atoms with E-state index in [1.807, 2.05) is 31.8 Å². The molecule has 1 aromatic heterocycles. The standard InChI is InChI=1S/C13H24N4O/c1-13(2,18)11-17-6-4-16(5-7-17)10-12-8-14-15(3)9-12/h8-9,18H,4-7,10-11H2,1-3H3. The highest BCUT2D eigenvalue weighted by atomic mass is 16.3. The van der Waals surface area contributed by atoms with Crippen LogP contribution in [0.5, 0.6) is 0 Å². The van der Waals surface area contributed by atoms with Crippen molar-refractivity contribution in [2.24, 2.45) is 7.05 Å². The summed E-state index contributed by atoms with van der Waals surface area (Å²) in [6.07, 6.45) is 4.01. The number of aryl methyl sites for hydroxylation is 1. The second kappa shape index (κ2) is 5.38. The Hall–Kier alpha value is -0.910. The molecule has 1 fully saturated rings. The molecule has 5 heteroatoms. The number of rotatable bonds is 4. The van der Waals surface area contributed by atoms with Gasteiger partial charge in [0.1, 0.15) is 0 Å². The molecule has 0 radical (unpaired) electrons. The molecule has 1 saturated heterocycles. The van der Waals surface area contributed by atoms with Gasteiger partial charge in [-0.15, -0.1) is 0 Å². The number of piperazine rings is 1. The molecule has 102 valence electrons. The molecule has 0 unspecified atom stereocenters. The van der Waals surface area contributed by atoms with E-state index in [0.717, 1.165) is 39.3 Å². The smallest absolute Gasteiger partial charge is 0.0718 e. The van der Waals surface area contributed by atoms with Gasteiger partial charge < -0.3 is 5.11 Å². The van der Waals surface area contributed by atoms with Gasteiger partial charge in [-0.1, -0.05) is 0 Å². The Kier molecular flexibility index (Phi) is 4.04. The van der Waals surface area contributed by atoms with Gasteiger partial charge in [-0.2, -0.15) is 5.10 Å². The number of hydrogen-bond donors (Lipinski definition) is 1. The molecule has 1 aromatic rings. The third kappa shape index (κ3) is 4.08. The van der Waals surface area contributed by atoms with Crippen LogP contribution >= 0.6 is 0 Å². The molecule has 1 aliphatic rings. The first-order valence-corrected chi connectivity index (χ1v) is 6.57. The highest BCUT2D eigenvalue weighted by Gasteiger charge is 2.22. The van der Waals surface area contributed by atoms with Gasteiger partial charge >= 0.3 is 0 Å². The van der Waals surface area contributed by atoms with Gasteiger partial charge in [0.2, 0.25) is 0 Å². The third-order valence-electron chi connectivity index (χ3n) is 3.24. The van der Waals surface area contributed by atoms with E-state index in [2.05, 4.69) is 21.1 Å². The van der Waals surface area contributed by atoms with Gasteiger partial charge in [-0.05, 0) is 13.8 Å². The topological polar surface area (TPSA) is 44.5 Å². The summed E-state index contributed by atoms with van der Waals surface area (Å²) in [5.74, 6) is 0. The van der Waals surface area contributed by atoms with Crippen LogP contribution in [0.1, 0.15) is 19.4 Å². The summed E-state index contributed by atoms with van der Waals surface area (Å²) < 4.78 is 1.85. The van der Waals surface area contributed by atoms with E-state index in [0.29, 0.717) is 0 Å². The molecule has 2 heterocycles. The van der Waals surface area contributed by atoms with Gasteiger partial charge in [-0.3, -0.25) is 14.5 Å². The summed E-state index contributed by atoms with van der Waals surface area (Å²) in [5.41, 5.74) is 0.680. The Labute approximate surface area is 109 Å². The van der Waals surface area contributed by atoms with Crippen molar-refractivity contribution >= 4 is 0 Å². The predicted molar refractivity (Wildman–Crippen MR) is 71.2 cm³/mol. The largest absolute Gasteiger partial charge is 0.389 e. The molecule has 0 atom stereocenters. The summed E-state index contributed by atoms with van der Waals surface area (Å²) in [7, 11) is 1.95. The quantitative estimate of drug-likeness (QED) is 0.837. The Balaban J connectivity index is 1.77. The average molecular weight is 252 g/mol. The maximum atomic E-state index is 9.81. The van der Waals surface area contributed by atoms with Crippen molar-refractivity contribution in [1.29, 1.82) is 0 Å². The monoisotopic (exact) mass is 252 g/mol. The van der Waals surface area contributed by atoms with Gasteiger partial charge in [0.25, 0.3) is 0 Å². The minimum Gasteiger partial charge on any atom is -0.389 e. The van der Waals surface area contributed by atoms with Crippen LogP contribution < -0.4 is 0 Å². The number of nitrogens with zero attached hydrogens (tertiary/aromatic N) is 4. The lowest BCUT2D eigenvalue weighted by atomic mass is 10.1. The van der Waals surface area contributed by atoms with Crippen molar-refractivity contribution in [3.63, 3.8) is 0 Å². The molecule has 2 rings (SSSR count). The molecule has 1 N–H and O–H groups in total. The minimum absolute atomic E-state index is 0.592. The van der Waals surface area contributed by atoms with Crippen LogP contribution in [0.4, 0.5) is 0 Å². The van der Waals surface area contributed by atoms with E-state index in [1.165, 1.54) is 5.56 Å². The van der Waals surface area contributed by atoms with Crippen molar-refractivity contribution in [1.82, 2.24) is 19.6 Å². The van der Waals surface area contributed by atoms with Crippen molar-refractivity contribution in [2.45, 2.75) is 26.0 Å². The summed E-state index contributed by atoms with van der Waals surface area (Å²) in [4.78, 5) is 4.78. The van der Waals surface area contributed by atoms with Crippen LogP contribution in [-0.4, -0.2) is 63.0 Å². The number of hydrogen-bond acceptors (Lipinski definition) is 4. The molecule has 5 nitrogen and oxygen atoms in total. The third-order valence-corrected chi connectivity index (χ3v) is 3.24. The second-order valence-corrected chi connectivity index (χ2v) is 5.89. The van der Waals surface area contributed by atoms with Crippen LogP contribution in [-0.2, 0) is 13.6 Å². The van der Waals surface area contributed by atoms with Crippen LogP contribution in [0.3, 0.4) is 0 Å². The lowest BCUT2D eigenvalue weighted by molar-refractivity contribution is 0.0167. The Morgan fingerprint density at radius 3 is 2.33 bits per heavy atom. The molecular weight excluding hydrogens is 228 g/mol. The fraction of sp³-hybridized carbons (Fsp3) is 0.769. The van der Waals surface area contributed by atoms with Gasteiger partial charge in [-0.25, -0.2) is 0 Å². The maximum Gasteiger partial charge on any atom is 0.0718 e. The molecular formula is C13H24N4O. The fourth-order valence-corrected chi connectivity index (χ4v) is 2.46. The predicted octanol–water partition coefficient (Wildman–Crippen LogP) is 0.309. The zero-order chi connectivity index (χ0) is 13.2. The number of β-amino-alcohol motifs (C(OH)–C–C–N with tert-alkyl or cyclic N) is 1. The average Bonchev–Trinajstić information content (AvgIpc) is 2.65. The number of aromatic nitrogens is 2. The van der Waals surface area contributed by atoms with Crippen molar-refractivity contribution in [2.75, 3.05) is 32.7 Å². The molecule has 0 aromatic carbocycles. The number of aliphatic hydroxyl groups is 1. The van der Waals surface area contributed by atoms with E-state index in [4.69, 9.17) is 0 Å². The second-order valence-electron chi connectivity index (χ2n) is 5.89. The van der Waals surface area contributed by atoms with Gasteiger partial charge in [0, 0.05) is 58.1 Å². The summed E-state index contributed by atoms with van der Waals surface area (Å²) in [6, 6.07) is 0. The first-order valence-electron chi connectivity index (χ1n) is 6.57. The zero-order valence-electron chi connectivity index (χ0n) is 11.6. The van der Waals surface area contributed by atoms with E-state index < -0.39 is 5.60 Å². The lowest BCUT2D eigenvalue weighted by Gasteiger charge is -2.37. The Morgan fingerprint density at radius 2 is 1.83 bits per heavy atom. The lowest BCUT2D eigenvalue weighted by Crippen LogP contribution is -2.50. The molecule has 0 aliphatic carbocycles. The van der Waals surface area contributed by atoms with Gasteiger partial charge in [0.15, 0.2) is 0 Å². The zero-order valence-corrected chi connectivity index (χ0v) is 11.6. The summed E-state index contributed by atoms with van der Waals surface area (Å²) >= 11 is 0. The molecule has 0 saturated carbocycles. The minimum atomic E-state index is -0.592. The normalized spacial score (nSPS) is 19.3. The van der Waals surface area contributed by atoms with E-state index >= 15 is 0 Å². The van der Waals surface area contributed by atoms with E-state index in [1.54, 1.807) is 0 Å². The Morgan fingerprint density at radius 1 is 1.22 bits per heavy atom. The molecule has 18 heavy (non-hydrogen) atoms. The van der Waals surface area contributed by atoms with Crippen molar-refractivity contribution in [3.05, 3.63) is 18.0 Å². The molecule has 0 amide bonds.